The first-order valence-corrected chi connectivity index (χ1v) is 10.1. The highest BCUT2D eigenvalue weighted by Gasteiger charge is 2.58. The van der Waals surface area contributed by atoms with Crippen LogP contribution in [0.2, 0.25) is 0 Å². The molecule has 3 saturated heterocycles. The first-order valence-electron chi connectivity index (χ1n) is 10.1. The molecule has 2 bridgehead atoms. The van der Waals surface area contributed by atoms with Crippen LogP contribution in [0.1, 0.15) is 19.1 Å². The molecule has 2 amide bonds. The van der Waals surface area contributed by atoms with Gasteiger partial charge in [-0.05, 0) is 25.5 Å². The van der Waals surface area contributed by atoms with Crippen molar-refractivity contribution in [3.05, 3.63) is 24.2 Å². The van der Waals surface area contributed by atoms with Gasteiger partial charge in [0.2, 0.25) is 11.8 Å². The molecule has 0 aliphatic carbocycles. The third kappa shape index (κ3) is 3.56. The van der Waals surface area contributed by atoms with Gasteiger partial charge < -0.3 is 24.5 Å². The Hall–Kier alpha value is -1.90. The Morgan fingerprint density at radius 3 is 2.86 bits per heavy atom. The Labute approximate surface area is 164 Å². The summed E-state index contributed by atoms with van der Waals surface area (Å²) in [4.78, 5) is 28.8. The van der Waals surface area contributed by atoms with Crippen molar-refractivity contribution in [2.75, 3.05) is 33.2 Å². The molecule has 0 aromatic carbocycles. The van der Waals surface area contributed by atoms with Gasteiger partial charge in [-0.3, -0.25) is 14.5 Å². The minimum absolute atomic E-state index is 0.00692. The van der Waals surface area contributed by atoms with Crippen LogP contribution in [0.15, 0.2) is 22.8 Å². The van der Waals surface area contributed by atoms with Gasteiger partial charge in [0.15, 0.2) is 0 Å². The summed E-state index contributed by atoms with van der Waals surface area (Å²) in [5.74, 6) is 0.607. The maximum atomic E-state index is 13.1. The van der Waals surface area contributed by atoms with Crippen molar-refractivity contribution in [1.82, 2.24) is 15.1 Å². The molecule has 3 aliphatic heterocycles. The van der Waals surface area contributed by atoms with Crippen molar-refractivity contribution in [1.29, 1.82) is 0 Å². The average Bonchev–Trinajstić information content (AvgIpc) is 3.38. The van der Waals surface area contributed by atoms with Gasteiger partial charge in [0.05, 0.1) is 43.6 Å². The molecule has 6 atom stereocenters. The highest BCUT2D eigenvalue weighted by Crippen LogP contribution is 2.47. The number of amides is 2. The van der Waals surface area contributed by atoms with Gasteiger partial charge in [-0.15, -0.1) is 0 Å². The number of carbonyl (C=O) groups is 2. The Morgan fingerprint density at radius 2 is 2.14 bits per heavy atom. The van der Waals surface area contributed by atoms with Crippen molar-refractivity contribution in [3.63, 3.8) is 0 Å². The molecule has 154 valence electrons. The summed E-state index contributed by atoms with van der Waals surface area (Å²) in [5.41, 5.74) is 0. The number of likely N-dealkylation sites (tertiary alicyclic amines) is 1. The number of nitrogens with one attached hydrogen (secondary N) is 1. The zero-order valence-corrected chi connectivity index (χ0v) is 16.4. The van der Waals surface area contributed by atoms with E-state index in [4.69, 9.17) is 9.15 Å². The molecule has 1 unspecified atom stereocenters. The predicted octanol–water partition coefficient (Wildman–Crippen LogP) is 0.0703. The molecule has 4 rings (SSSR count). The van der Waals surface area contributed by atoms with Crippen molar-refractivity contribution in [2.45, 2.75) is 38.2 Å². The predicted molar refractivity (Wildman–Crippen MR) is 100 cm³/mol. The van der Waals surface area contributed by atoms with E-state index in [-0.39, 0.29) is 41.8 Å². The van der Waals surface area contributed by atoms with E-state index < -0.39 is 6.10 Å². The fraction of sp³-hybridized carbons (Fsp3) is 0.700. The van der Waals surface area contributed by atoms with Gasteiger partial charge >= 0.3 is 0 Å². The first-order chi connectivity index (χ1) is 13.5. The van der Waals surface area contributed by atoms with Gasteiger partial charge in [0.25, 0.3) is 0 Å². The molecule has 8 nitrogen and oxygen atoms in total. The summed E-state index contributed by atoms with van der Waals surface area (Å²) >= 11 is 0. The second-order valence-corrected chi connectivity index (χ2v) is 8.22. The van der Waals surface area contributed by atoms with E-state index in [1.165, 1.54) is 0 Å². The monoisotopic (exact) mass is 391 g/mol. The van der Waals surface area contributed by atoms with E-state index in [9.17, 15) is 14.7 Å². The van der Waals surface area contributed by atoms with E-state index in [2.05, 4.69) is 10.2 Å². The third-order valence-corrected chi connectivity index (χ3v) is 6.35. The number of ether oxygens (including phenoxy) is 1. The number of rotatable bonds is 6. The number of aliphatic hydroxyl groups excluding tert-OH is 1. The normalized spacial score (nSPS) is 34.2. The lowest BCUT2D eigenvalue weighted by Crippen LogP contribution is -2.47. The number of furan rings is 1. The van der Waals surface area contributed by atoms with E-state index >= 15 is 0 Å². The summed E-state index contributed by atoms with van der Waals surface area (Å²) in [7, 11) is 1.77. The minimum atomic E-state index is -0.589. The highest BCUT2D eigenvalue weighted by molar-refractivity contribution is 5.80. The SMILES string of the molecule is CCNC(=O)CN1C[C@H]2[C@H](O)[C@@H]3CC(C(=O)N(C)Cc4ccco4)[C@@H](O3)[C@H]2C1. The van der Waals surface area contributed by atoms with Crippen LogP contribution in [-0.2, 0) is 20.9 Å². The maximum absolute atomic E-state index is 13.1. The lowest BCUT2D eigenvalue weighted by atomic mass is 9.83. The standard InChI is InChI=1S/C20H29N3O5/c1-3-21-17(24)11-23-9-14-15(10-23)19-13(7-16(28-19)18(14)25)20(26)22(2)8-12-5-4-6-27-12/h4-6,13-16,18-19,25H,3,7-11H2,1-2H3,(H,21,24)/t13?,14-,15+,16+,18+,19-/m1/s1. The van der Waals surface area contributed by atoms with Crippen molar-refractivity contribution < 1.29 is 23.8 Å². The highest BCUT2D eigenvalue weighted by atomic mass is 16.5. The molecule has 28 heavy (non-hydrogen) atoms. The zero-order chi connectivity index (χ0) is 19.8. The number of likely N-dealkylation sites (N-methyl/N-ethyl adjacent to an activating group) is 1. The van der Waals surface area contributed by atoms with Crippen LogP contribution in [0.4, 0.5) is 0 Å². The molecule has 3 fully saturated rings. The number of hydrogen-bond donors (Lipinski definition) is 2. The van der Waals surface area contributed by atoms with Crippen molar-refractivity contribution in [3.8, 4) is 0 Å². The maximum Gasteiger partial charge on any atom is 0.234 e. The van der Waals surface area contributed by atoms with Crippen LogP contribution in [0, 0.1) is 17.8 Å². The average molecular weight is 391 g/mol. The molecule has 1 aromatic rings. The number of carbonyl (C=O) groups excluding carboxylic acids is 2. The Balaban J connectivity index is 1.43. The van der Waals surface area contributed by atoms with Crippen LogP contribution in [0.5, 0.6) is 0 Å². The molecule has 8 heteroatoms. The van der Waals surface area contributed by atoms with Crippen LogP contribution < -0.4 is 5.32 Å². The first kappa shape index (κ1) is 19.4. The smallest absolute Gasteiger partial charge is 0.234 e. The summed E-state index contributed by atoms with van der Waals surface area (Å²) < 4.78 is 11.4. The number of nitrogens with zero attached hydrogens (tertiary/aromatic N) is 2. The van der Waals surface area contributed by atoms with Crippen LogP contribution in [0.3, 0.4) is 0 Å². The van der Waals surface area contributed by atoms with Gasteiger partial charge in [-0.25, -0.2) is 0 Å². The van der Waals surface area contributed by atoms with Gasteiger partial charge in [-0.1, -0.05) is 0 Å². The van der Waals surface area contributed by atoms with Crippen molar-refractivity contribution in [2.24, 2.45) is 17.8 Å². The third-order valence-electron chi connectivity index (χ3n) is 6.35. The van der Waals surface area contributed by atoms with Crippen molar-refractivity contribution >= 4 is 11.8 Å². The molecular weight excluding hydrogens is 362 g/mol. The van der Waals surface area contributed by atoms with E-state index in [1.54, 1.807) is 18.2 Å². The molecule has 3 aliphatic rings. The Kier molecular flexibility index (Phi) is 5.44. The summed E-state index contributed by atoms with van der Waals surface area (Å²) in [6.07, 6.45) is 1.05. The number of fused-ring (bicyclic) bond motifs is 4. The van der Waals surface area contributed by atoms with E-state index in [1.807, 2.05) is 19.1 Å². The van der Waals surface area contributed by atoms with Crippen LogP contribution in [-0.4, -0.2) is 78.3 Å². The van der Waals surface area contributed by atoms with E-state index in [0.29, 0.717) is 39.1 Å². The molecule has 0 radical (unpaired) electrons. The van der Waals surface area contributed by atoms with Gasteiger partial charge in [0.1, 0.15) is 5.76 Å². The number of hydrogen-bond acceptors (Lipinski definition) is 6. The van der Waals surface area contributed by atoms with E-state index in [0.717, 1.165) is 5.76 Å². The molecule has 1 aromatic heterocycles. The fourth-order valence-corrected chi connectivity index (χ4v) is 5.11. The summed E-state index contributed by atoms with van der Waals surface area (Å²) in [6, 6.07) is 3.66. The Morgan fingerprint density at radius 1 is 1.36 bits per heavy atom. The molecule has 4 heterocycles. The second-order valence-electron chi connectivity index (χ2n) is 8.22. The fourth-order valence-electron chi connectivity index (χ4n) is 5.11. The molecule has 0 saturated carbocycles. The quantitative estimate of drug-likeness (QED) is 0.713. The minimum Gasteiger partial charge on any atom is -0.467 e. The molecule has 0 spiro atoms. The lowest BCUT2D eigenvalue weighted by molar-refractivity contribution is -0.147. The van der Waals surface area contributed by atoms with Gasteiger partial charge in [-0.2, -0.15) is 0 Å². The zero-order valence-electron chi connectivity index (χ0n) is 16.4. The molecule has 2 N–H and O–H groups in total. The summed E-state index contributed by atoms with van der Waals surface area (Å²) in [5, 5.41) is 13.6. The second kappa shape index (κ2) is 7.85. The van der Waals surface area contributed by atoms with Crippen LogP contribution in [0.25, 0.3) is 0 Å². The largest absolute Gasteiger partial charge is 0.467 e. The number of aliphatic hydroxyl groups is 1. The summed E-state index contributed by atoms with van der Waals surface area (Å²) in [6.45, 7) is 4.58. The Bertz CT molecular complexity index is 709. The lowest BCUT2D eigenvalue weighted by Gasteiger charge is -2.36. The molecular formula is C20H29N3O5. The van der Waals surface area contributed by atoms with Crippen LogP contribution >= 0.6 is 0 Å². The topological polar surface area (TPSA) is 95.3 Å². The van der Waals surface area contributed by atoms with Gasteiger partial charge in [0, 0.05) is 38.5 Å².